The van der Waals surface area contributed by atoms with Crippen LogP contribution in [-0.2, 0) is 4.74 Å². The molecular weight excluding hydrogens is 236 g/mol. The highest BCUT2D eigenvalue weighted by Crippen LogP contribution is 2.36. The minimum absolute atomic E-state index is 0.596. The number of methoxy groups -OCH3 is 1. The van der Waals surface area contributed by atoms with Gasteiger partial charge in [-0.1, -0.05) is 12.8 Å². The standard InChI is InChI=1S/C16H30N2O/c1-19-12-15(11-17-14-8-9-14)18-10-4-7-16(18)13-5-2-3-6-13/h13-17H,2-12H2,1H3. The van der Waals surface area contributed by atoms with E-state index in [1.807, 2.05) is 7.11 Å². The summed E-state index contributed by atoms with van der Waals surface area (Å²) in [5.74, 6) is 0.975. The number of nitrogens with zero attached hydrogens (tertiary/aromatic N) is 1. The Kier molecular flexibility index (Phi) is 4.78. The molecule has 3 nitrogen and oxygen atoms in total. The van der Waals surface area contributed by atoms with Gasteiger partial charge in [0.05, 0.1) is 6.61 Å². The molecule has 3 fully saturated rings. The molecule has 110 valence electrons. The van der Waals surface area contributed by atoms with Crippen molar-refractivity contribution in [3.63, 3.8) is 0 Å². The third-order valence-electron chi connectivity index (χ3n) is 5.33. The van der Waals surface area contributed by atoms with E-state index in [1.165, 1.54) is 57.9 Å². The molecule has 2 atom stereocenters. The van der Waals surface area contributed by atoms with Gasteiger partial charge in [-0.15, -0.1) is 0 Å². The Morgan fingerprint density at radius 3 is 2.58 bits per heavy atom. The summed E-state index contributed by atoms with van der Waals surface area (Å²) in [7, 11) is 1.85. The van der Waals surface area contributed by atoms with Gasteiger partial charge in [0, 0.05) is 31.8 Å². The van der Waals surface area contributed by atoms with Gasteiger partial charge in [-0.2, -0.15) is 0 Å². The van der Waals surface area contributed by atoms with E-state index in [0.29, 0.717) is 6.04 Å². The SMILES string of the molecule is COCC(CNC1CC1)N1CCCC1C1CCCC1. The van der Waals surface area contributed by atoms with Crippen molar-refractivity contribution in [2.75, 3.05) is 26.8 Å². The zero-order valence-corrected chi connectivity index (χ0v) is 12.4. The molecule has 2 aliphatic carbocycles. The van der Waals surface area contributed by atoms with Gasteiger partial charge < -0.3 is 10.1 Å². The first kappa shape index (κ1) is 13.8. The Balaban J connectivity index is 1.57. The fourth-order valence-corrected chi connectivity index (χ4v) is 4.17. The molecule has 0 aromatic rings. The highest BCUT2D eigenvalue weighted by atomic mass is 16.5. The van der Waals surface area contributed by atoms with Crippen molar-refractivity contribution in [3.8, 4) is 0 Å². The van der Waals surface area contributed by atoms with E-state index >= 15 is 0 Å². The third kappa shape index (κ3) is 3.50. The largest absolute Gasteiger partial charge is 0.383 e. The Labute approximate surface area is 118 Å². The van der Waals surface area contributed by atoms with Gasteiger partial charge in [0.15, 0.2) is 0 Å². The van der Waals surface area contributed by atoms with Crippen LogP contribution in [0.25, 0.3) is 0 Å². The topological polar surface area (TPSA) is 24.5 Å². The van der Waals surface area contributed by atoms with Crippen LogP contribution in [0.5, 0.6) is 0 Å². The quantitative estimate of drug-likeness (QED) is 0.766. The average molecular weight is 266 g/mol. The van der Waals surface area contributed by atoms with Crippen LogP contribution < -0.4 is 5.32 Å². The smallest absolute Gasteiger partial charge is 0.0630 e. The van der Waals surface area contributed by atoms with Crippen LogP contribution in [0.1, 0.15) is 51.4 Å². The number of rotatable bonds is 7. The molecule has 2 unspecified atom stereocenters. The summed E-state index contributed by atoms with van der Waals surface area (Å²) in [5.41, 5.74) is 0. The molecule has 3 rings (SSSR count). The molecule has 1 N–H and O–H groups in total. The van der Waals surface area contributed by atoms with Gasteiger partial charge in [0.25, 0.3) is 0 Å². The third-order valence-corrected chi connectivity index (χ3v) is 5.33. The molecule has 0 aromatic carbocycles. The minimum Gasteiger partial charge on any atom is -0.383 e. The summed E-state index contributed by atoms with van der Waals surface area (Å²) < 4.78 is 5.50. The number of ether oxygens (including phenoxy) is 1. The van der Waals surface area contributed by atoms with Crippen LogP contribution in [0.4, 0.5) is 0 Å². The fourth-order valence-electron chi connectivity index (χ4n) is 4.17. The van der Waals surface area contributed by atoms with Crippen LogP contribution in [-0.4, -0.2) is 49.8 Å². The van der Waals surface area contributed by atoms with Crippen molar-refractivity contribution in [1.29, 1.82) is 0 Å². The maximum atomic E-state index is 5.50. The van der Waals surface area contributed by atoms with Crippen LogP contribution in [0.3, 0.4) is 0 Å². The highest BCUT2D eigenvalue weighted by Gasteiger charge is 2.37. The molecular formula is C16H30N2O. The summed E-state index contributed by atoms with van der Waals surface area (Å²) >= 11 is 0. The van der Waals surface area contributed by atoms with E-state index in [4.69, 9.17) is 4.74 Å². The van der Waals surface area contributed by atoms with Crippen molar-refractivity contribution in [1.82, 2.24) is 10.2 Å². The molecule has 1 heterocycles. The Bertz CT molecular complexity index is 274. The predicted octanol–water partition coefficient (Wildman–Crippen LogP) is 2.41. The van der Waals surface area contributed by atoms with E-state index in [-0.39, 0.29) is 0 Å². The van der Waals surface area contributed by atoms with Crippen LogP contribution in [0.15, 0.2) is 0 Å². The minimum atomic E-state index is 0.596. The van der Waals surface area contributed by atoms with Crippen molar-refractivity contribution >= 4 is 0 Å². The van der Waals surface area contributed by atoms with E-state index < -0.39 is 0 Å². The second-order valence-corrected chi connectivity index (χ2v) is 6.78. The lowest BCUT2D eigenvalue weighted by molar-refractivity contribution is 0.0637. The summed E-state index contributed by atoms with van der Waals surface area (Å²) in [4.78, 5) is 2.79. The lowest BCUT2D eigenvalue weighted by Crippen LogP contribution is -2.49. The van der Waals surface area contributed by atoms with Gasteiger partial charge in [-0.25, -0.2) is 0 Å². The van der Waals surface area contributed by atoms with Crippen LogP contribution >= 0.6 is 0 Å². The number of likely N-dealkylation sites (tertiary alicyclic amines) is 1. The van der Waals surface area contributed by atoms with E-state index in [0.717, 1.165) is 31.2 Å². The predicted molar refractivity (Wildman–Crippen MR) is 78.4 cm³/mol. The molecule has 0 bridgehead atoms. The summed E-state index contributed by atoms with van der Waals surface area (Å²) in [5, 5.41) is 3.71. The molecule has 0 spiro atoms. The van der Waals surface area contributed by atoms with E-state index in [2.05, 4.69) is 10.2 Å². The second kappa shape index (κ2) is 6.55. The van der Waals surface area contributed by atoms with E-state index in [1.54, 1.807) is 0 Å². The second-order valence-electron chi connectivity index (χ2n) is 6.78. The molecule has 0 radical (unpaired) electrons. The van der Waals surface area contributed by atoms with E-state index in [9.17, 15) is 0 Å². The van der Waals surface area contributed by atoms with Gasteiger partial charge in [-0.05, 0) is 51.0 Å². The number of nitrogens with one attached hydrogen (secondary N) is 1. The molecule has 0 aromatic heterocycles. The molecule has 3 heteroatoms. The first-order valence-corrected chi connectivity index (χ1v) is 8.36. The zero-order valence-electron chi connectivity index (χ0n) is 12.4. The number of hydrogen-bond acceptors (Lipinski definition) is 3. The summed E-state index contributed by atoms with van der Waals surface area (Å²) in [6, 6.07) is 2.26. The van der Waals surface area contributed by atoms with Gasteiger partial charge in [-0.3, -0.25) is 4.90 Å². The normalized spacial score (nSPS) is 31.1. The van der Waals surface area contributed by atoms with Crippen molar-refractivity contribution in [3.05, 3.63) is 0 Å². The van der Waals surface area contributed by atoms with Gasteiger partial charge >= 0.3 is 0 Å². The van der Waals surface area contributed by atoms with Crippen LogP contribution in [0, 0.1) is 5.92 Å². The Hall–Kier alpha value is -0.120. The first-order chi connectivity index (χ1) is 9.38. The van der Waals surface area contributed by atoms with Gasteiger partial charge in [0.2, 0.25) is 0 Å². The average Bonchev–Trinajstić information content (AvgIpc) is 2.93. The lowest BCUT2D eigenvalue weighted by atomic mass is 9.95. The van der Waals surface area contributed by atoms with Crippen LogP contribution in [0.2, 0.25) is 0 Å². The van der Waals surface area contributed by atoms with Crippen molar-refractivity contribution < 1.29 is 4.74 Å². The molecule has 2 saturated carbocycles. The Morgan fingerprint density at radius 2 is 1.89 bits per heavy atom. The van der Waals surface area contributed by atoms with Crippen molar-refractivity contribution in [2.45, 2.75) is 69.5 Å². The fraction of sp³-hybridized carbons (Fsp3) is 1.00. The molecule has 19 heavy (non-hydrogen) atoms. The lowest BCUT2D eigenvalue weighted by Gasteiger charge is -2.36. The summed E-state index contributed by atoms with van der Waals surface area (Å²) in [6.07, 6.45) is 11.4. The zero-order chi connectivity index (χ0) is 13.1. The maximum absolute atomic E-state index is 5.50. The van der Waals surface area contributed by atoms with Crippen molar-refractivity contribution in [2.24, 2.45) is 5.92 Å². The molecule has 1 saturated heterocycles. The Morgan fingerprint density at radius 1 is 1.11 bits per heavy atom. The monoisotopic (exact) mass is 266 g/mol. The molecule has 3 aliphatic rings. The number of hydrogen-bond donors (Lipinski definition) is 1. The summed E-state index contributed by atoms with van der Waals surface area (Å²) in [6.45, 7) is 3.31. The van der Waals surface area contributed by atoms with Gasteiger partial charge in [0.1, 0.15) is 0 Å². The highest BCUT2D eigenvalue weighted by molar-refractivity contribution is 4.93. The molecule has 0 amide bonds. The molecule has 1 aliphatic heterocycles. The maximum Gasteiger partial charge on any atom is 0.0630 e. The first-order valence-electron chi connectivity index (χ1n) is 8.36.